The summed E-state index contributed by atoms with van der Waals surface area (Å²) in [5, 5.41) is 0.585. The van der Waals surface area contributed by atoms with Crippen molar-refractivity contribution in [2.45, 2.75) is 23.0 Å². The molecule has 0 fully saturated rings. The molecule has 0 aliphatic carbocycles. The summed E-state index contributed by atoms with van der Waals surface area (Å²) in [6.45, 7) is 0.742. The molecule has 128 valence electrons. The number of imidazole rings is 1. The lowest BCUT2D eigenvalue weighted by atomic mass is 9.98. The predicted molar refractivity (Wildman–Crippen MR) is 95.6 cm³/mol. The minimum atomic E-state index is -1.30. The molecule has 0 radical (unpaired) electrons. The fourth-order valence-electron chi connectivity index (χ4n) is 3.19. The highest BCUT2D eigenvalue weighted by Gasteiger charge is 2.24. The molecule has 1 aliphatic rings. The second kappa shape index (κ2) is 6.37. The molecule has 1 unspecified atom stereocenters. The zero-order chi connectivity index (χ0) is 17.4. The molecule has 0 saturated heterocycles. The Hall–Kier alpha value is -2.60. The highest BCUT2D eigenvalue weighted by atomic mass is 32.2. The van der Waals surface area contributed by atoms with Gasteiger partial charge >= 0.3 is 0 Å². The monoisotopic (exact) mass is 354 g/mol. The SMILES string of the molecule is COc1cc2c(cc1OC)-c1cnc(S(=O)c3ccccc3)n1CC2. The van der Waals surface area contributed by atoms with Gasteiger partial charge < -0.3 is 14.0 Å². The van der Waals surface area contributed by atoms with E-state index in [0.717, 1.165) is 34.9 Å². The van der Waals surface area contributed by atoms with E-state index in [1.54, 1.807) is 20.4 Å². The van der Waals surface area contributed by atoms with E-state index < -0.39 is 10.8 Å². The van der Waals surface area contributed by atoms with Gasteiger partial charge in [-0.05, 0) is 36.2 Å². The Morgan fingerprint density at radius 1 is 1.08 bits per heavy atom. The number of aryl methyl sites for hydroxylation is 1. The third-order valence-electron chi connectivity index (χ3n) is 4.43. The van der Waals surface area contributed by atoms with Crippen molar-refractivity contribution in [3.63, 3.8) is 0 Å². The molecule has 0 amide bonds. The van der Waals surface area contributed by atoms with E-state index in [0.29, 0.717) is 10.9 Å². The standard InChI is InChI=1S/C19H18N2O3S/c1-23-17-10-13-8-9-21-16(15(13)11-18(17)24-2)12-20-19(21)25(22)14-6-4-3-5-7-14/h3-7,10-12H,8-9H2,1-2H3. The van der Waals surface area contributed by atoms with Crippen molar-refractivity contribution < 1.29 is 13.7 Å². The number of benzene rings is 2. The van der Waals surface area contributed by atoms with Crippen LogP contribution >= 0.6 is 0 Å². The molecule has 6 heteroatoms. The van der Waals surface area contributed by atoms with Crippen molar-refractivity contribution in [1.82, 2.24) is 9.55 Å². The van der Waals surface area contributed by atoms with Crippen LogP contribution in [-0.2, 0) is 23.8 Å². The second-order valence-corrected chi connectivity index (χ2v) is 7.15. The summed E-state index contributed by atoms with van der Waals surface area (Å²) in [6, 6.07) is 13.4. The van der Waals surface area contributed by atoms with Crippen molar-refractivity contribution in [3.8, 4) is 22.8 Å². The minimum absolute atomic E-state index is 0.585. The molecule has 2 aromatic carbocycles. The van der Waals surface area contributed by atoms with Crippen LogP contribution in [0.25, 0.3) is 11.3 Å². The third-order valence-corrected chi connectivity index (χ3v) is 5.79. The normalized spacial score (nSPS) is 13.7. The average Bonchev–Trinajstić information content (AvgIpc) is 3.11. The maximum atomic E-state index is 12.9. The number of rotatable bonds is 4. The van der Waals surface area contributed by atoms with E-state index in [1.165, 1.54) is 5.56 Å². The van der Waals surface area contributed by atoms with Crippen molar-refractivity contribution in [3.05, 3.63) is 54.2 Å². The minimum Gasteiger partial charge on any atom is -0.493 e. The summed E-state index contributed by atoms with van der Waals surface area (Å²) in [6.07, 6.45) is 2.62. The van der Waals surface area contributed by atoms with Gasteiger partial charge in [-0.25, -0.2) is 9.19 Å². The Labute approximate surface area is 148 Å². The summed E-state index contributed by atoms with van der Waals surface area (Å²) >= 11 is 0. The number of hydrogen-bond donors (Lipinski definition) is 0. The Morgan fingerprint density at radius 3 is 2.52 bits per heavy atom. The van der Waals surface area contributed by atoms with Gasteiger partial charge in [0.05, 0.1) is 26.1 Å². The fraction of sp³-hybridized carbons (Fsp3) is 0.211. The summed E-state index contributed by atoms with van der Waals surface area (Å²) in [4.78, 5) is 5.22. The van der Waals surface area contributed by atoms with Crippen molar-refractivity contribution in [2.75, 3.05) is 14.2 Å². The predicted octanol–water partition coefficient (Wildman–Crippen LogP) is 3.29. The largest absolute Gasteiger partial charge is 0.493 e. The van der Waals surface area contributed by atoms with Crippen LogP contribution in [0.4, 0.5) is 0 Å². The Bertz CT molecular complexity index is 951. The first-order valence-electron chi connectivity index (χ1n) is 8.00. The van der Waals surface area contributed by atoms with Gasteiger partial charge in [0.25, 0.3) is 0 Å². The van der Waals surface area contributed by atoms with Crippen LogP contribution in [-0.4, -0.2) is 28.0 Å². The molecule has 3 aromatic rings. The molecular weight excluding hydrogens is 336 g/mol. The van der Waals surface area contributed by atoms with Gasteiger partial charge in [0.2, 0.25) is 5.16 Å². The number of ether oxygens (including phenoxy) is 2. The highest BCUT2D eigenvalue weighted by Crippen LogP contribution is 2.39. The van der Waals surface area contributed by atoms with Crippen LogP contribution < -0.4 is 9.47 Å². The molecule has 1 aliphatic heterocycles. The molecule has 0 bridgehead atoms. The topological polar surface area (TPSA) is 53.4 Å². The number of hydrogen-bond acceptors (Lipinski definition) is 4. The number of fused-ring (bicyclic) bond motifs is 3. The van der Waals surface area contributed by atoms with Crippen LogP contribution in [0.2, 0.25) is 0 Å². The van der Waals surface area contributed by atoms with Crippen LogP contribution in [0.5, 0.6) is 11.5 Å². The quantitative estimate of drug-likeness (QED) is 0.721. The van der Waals surface area contributed by atoms with E-state index in [9.17, 15) is 4.21 Å². The molecule has 0 saturated carbocycles. The lowest BCUT2D eigenvalue weighted by Gasteiger charge is -2.22. The van der Waals surface area contributed by atoms with Crippen molar-refractivity contribution in [1.29, 1.82) is 0 Å². The van der Waals surface area contributed by atoms with Gasteiger partial charge in [-0.3, -0.25) is 0 Å². The average molecular weight is 354 g/mol. The second-order valence-electron chi connectivity index (χ2n) is 5.77. The first kappa shape index (κ1) is 15.9. The Balaban J connectivity index is 1.80. The van der Waals surface area contributed by atoms with Gasteiger partial charge in [-0.2, -0.15) is 0 Å². The first-order chi connectivity index (χ1) is 12.2. The zero-order valence-corrected chi connectivity index (χ0v) is 14.9. The third kappa shape index (κ3) is 2.62. The maximum absolute atomic E-state index is 12.9. The summed E-state index contributed by atoms with van der Waals surface area (Å²) in [5.74, 6) is 1.41. The van der Waals surface area contributed by atoms with Gasteiger partial charge in [0.1, 0.15) is 10.8 Å². The summed E-state index contributed by atoms with van der Waals surface area (Å²) < 4.78 is 25.8. The van der Waals surface area contributed by atoms with Crippen LogP contribution in [0.3, 0.4) is 0 Å². The van der Waals surface area contributed by atoms with Gasteiger partial charge in [-0.1, -0.05) is 18.2 Å². The number of nitrogens with zero attached hydrogens (tertiary/aromatic N) is 2. The van der Waals surface area contributed by atoms with Gasteiger partial charge in [-0.15, -0.1) is 0 Å². The highest BCUT2D eigenvalue weighted by molar-refractivity contribution is 7.85. The molecule has 0 spiro atoms. The van der Waals surface area contributed by atoms with Crippen LogP contribution in [0.15, 0.2) is 58.7 Å². The van der Waals surface area contributed by atoms with Crippen LogP contribution in [0.1, 0.15) is 5.56 Å². The Morgan fingerprint density at radius 2 is 1.80 bits per heavy atom. The van der Waals surface area contributed by atoms with Crippen molar-refractivity contribution in [2.24, 2.45) is 0 Å². The molecule has 25 heavy (non-hydrogen) atoms. The molecule has 2 heterocycles. The fourth-order valence-corrected chi connectivity index (χ4v) is 4.34. The van der Waals surface area contributed by atoms with E-state index in [1.807, 2.05) is 47.0 Å². The zero-order valence-electron chi connectivity index (χ0n) is 14.1. The summed E-state index contributed by atoms with van der Waals surface area (Å²) in [7, 11) is 1.96. The molecule has 5 nitrogen and oxygen atoms in total. The van der Waals surface area contributed by atoms with Gasteiger partial charge in [0.15, 0.2) is 11.5 Å². The van der Waals surface area contributed by atoms with Crippen LogP contribution in [0, 0.1) is 0 Å². The molecular formula is C19H18N2O3S. The van der Waals surface area contributed by atoms with Gasteiger partial charge in [0, 0.05) is 17.0 Å². The maximum Gasteiger partial charge on any atom is 0.204 e. The first-order valence-corrected chi connectivity index (χ1v) is 9.15. The van der Waals surface area contributed by atoms with E-state index in [-0.39, 0.29) is 0 Å². The van der Waals surface area contributed by atoms with E-state index >= 15 is 0 Å². The number of aromatic nitrogens is 2. The molecule has 4 rings (SSSR count). The lowest BCUT2D eigenvalue weighted by Crippen LogP contribution is -2.14. The lowest BCUT2D eigenvalue weighted by molar-refractivity contribution is 0.354. The molecule has 1 atom stereocenters. The molecule has 0 N–H and O–H groups in total. The Kier molecular flexibility index (Phi) is 4.05. The van der Waals surface area contributed by atoms with E-state index in [2.05, 4.69) is 4.98 Å². The number of methoxy groups -OCH3 is 2. The van der Waals surface area contributed by atoms with Crippen molar-refractivity contribution >= 4 is 10.8 Å². The smallest absolute Gasteiger partial charge is 0.204 e. The molecule has 1 aromatic heterocycles. The van der Waals surface area contributed by atoms with E-state index in [4.69, 9.17) is 9.47 Å². The summed E-state index contributed by atoms with van der Waals surface area (Å²) in [5.41, 5.74) is 3.19.